The van der Waals surface area contributed by atoms with Crippen LogP contribution in [0.5, 0.6) is 0 Å². The molecule has 5 heteroatoms. The second-order valence-corrected chi connectivity index (χ2v) is 8.15. The quantitative estimate of drug-likeness (QED) is 0.595. The second kappa shape index (κ2) is 7.31. The summed E-state index contributed by atoms with van der Waals surface area (Å²) in [5.41, 5.74) is 2.79. The third kappa shape index (κ3) is 3.44. The second-order valence-electron chi connectivity index (χ2n) is 7.23. The molecule has 1 heterocycles. The third-order valence-corrected chi connectivity index (χ3v) is 5.97. The molecule has 27 heavy (non-hydrogen) atoms. The van der Waals surface area contributed by atoms with Gasteiger partial charge in [-0.3, -0.25) is 4.79 Å². The van der Waals surface area contributed by atoms with Gasteiger partial charge in [0.05, 0.1) is 17.3 Å². The summed E-state index contributed by atoms with van der Waals surface area (Å²) in [7, 11) is 1.89. The molecule has 4 rings (SSSR count). The highest BCUT2D eigenvalue weighted by Gasteiger charge is 2.46. The number of hydrogen-bond donors (Lipinski definition) is 0. The van der Waals surface area contributed by atoms with Crippen LogP contribution in [0.15, 0.2) is 71.5 Å². The number of nitrogens with zero attached hydrogens (tertiary/aromatic N) is 3. The number of aromatic nitrogens is 2. The lowest BCUT2D eigenvalue weighted by atomic mass is 9.63. The molecule has 1 aliphatic rings. The summed E-state index contributed by atoms with van der Waals surface area (Å²) in [5, 5.41) is 4.44. The van der Waals surface area contributed by atoms with Crippen LogP contribution in [0, 0.1) is 0 Å². The summed E-state index contributed by atoms with van der Waals surface area (Å²) < 4.78 is 2.89. The zero-order valence-corrected chi connectivity index (χ0v) is 16.9. The van der Waals surface area contributed by atoms with Crippen molar-refractivity contribution in [2.24, 2.45) is 0 Å². The van der Waals surface area contributed by atoms with E-state index in [1.807, 2.05) is 71.5 Å². The smallest absolute Gasteiger partial charge is 0.233 e. The van der Waals surface area contributed by atoms with Gasteiger partial charge in [-0.2, -0.15) is 5.10 Å². The van der Waals surface area contributed by atoms with Gasteiger partial charge in [-0.1, -0.05) is 52.7 Å². The molecule has 0 bridgehead atoms. The van der Waals surface area contributed by atoms with Crippen molar-refractivity contribution in [1.82, 2.24) is 14.7 Å². The number of benzene rings is 2. The standard InChI is InChI=1S/C22H22BrN3O/c1-25(15-17-14-24-26(16-17)20-6-3-2-4-7-20)21(27)22(12-5-13-22)18-8-10-19(23)11-9-18/h2-4,6-11,14,16H,5,12-13,15H2,1H3. The fraction of sp³-hybridized carbons (Fsp3) is 0.273. The van der Waals surface area contributed by atoms with Gasteiger partial charge in [0.25, 0.3) is 0 Å². The predicted molar refractivity (Wildman–Crippen MR) is 110 cm³/mol. The molecule has 0 unspecified atom stereocenters. The number of carbonyl (C=O) groups is 1. The van der Waals surface area contributed by atoms with Gasteiger partial charge in [0.1, 0.15) is 0 Å². The maximum absolute atomic E-state index is 13.3. The number of hydrogen-bond acceptors (Lipinski definition) is 2. The Kier molecular flexibility index (Phi) is 4.87. The SMILES string of the molecule is CN(Cc1cnn(-c2ccccc2)c1)C(=O)C1(c2ccc(Br)cc2)CCC1. The Bertz CT molecular complexity index is 930. The van der Waals surface area contributed by atoms with Gasteiger partial charge in [-0.05, 0) is 42.7 Å². The molecule has 1 aliphatic carbocycles. The normalized spacial score (nSPS) is 15.2. The van der Waals surface area contributed by atoms with E-state index in [0.29, 0.717) is 6.54 Å². The van der Waals surface area contributed by atoms with Gasteiger partial charge >= 0.3 is 0 Å². The van der Waals surface area contributed by atoms with Crippen LogP contribution in [0.2, 0.25) is 0 Å². The topological polar surface area (TPSA) is 38.1 Å². The molecule has 0 aliphatic heterocycles. The molecule has 0 N–H and O–H groups in total. The Hall–Kier alpha value is -2.40. The Labute approximate surface area is 167 Å². The van der Waals surface area contributed by atoms with Gasteiger partial charge in [0.2, 0.25) is 5.91 Å². The van der Waals surface area contributed by atoms with E-state index in [0.717, 1.165) is 40.5 Å². The lowest BCUT2D eigenvalue weighted by Crippen LogP contribution is -2.49. The average Bonchev–Trinajstić information content (AvgIpc) is 3.11. The van der Waals surface area contributed by atoms with Crippen LogP contribution in [-0.4, -0.2) is 27.6 Å². The maximum Gasteiger partial charge on any atom is 0.233 e. The van der Waals surface area contributed by atoms with E-state index in [-0.39, 0.29) is 11.3 Å². The van der Waals surface area contributed by atoms with Crippen LogP contribution in [0.1, 0.15) is 30.4 Å². The third-order valence-electron chi connectivity index (χ3n) is 5.44. The Morgan fingerprint density at radius 3 is 2.48 bits per heavy atom. The van der Waals surface area contributed by atoms with E-state index >= 15 is 0 Å². The maximum atomic E-state index is 13.3. The van der Waals surface area contributed by atoms with Gasteiger partial charge in [0, 0.05) is 29.8 Å². The van der Waals surface area contributed by atoms with Crippen molar-refractivity contribution in [3.05, 3.63) is 82.6 Å². The zero-order chi connectivity index (χ0) is 18.9. The highest BCUT2D eigenvalue weighted by atomic mass is 79.9. The first-order valence-corrected chi connectivity index (χ1v) is 9.98. The minimum absolute atomic E-state index is 0.198. The molecular weight excluding hydrogens is 402 g/mol. The van der Waals surface area contributed by atoms with Crippen molar-refractivity contribution in [2.45, 2.75) is 31.2 Å². The average molecular weight is 424 g/mol. The van der Waals surface area contributed by atoms with E-state index in [2.05, 4.69) is 33.2 Å². The first-order chi connectivity index (χ1) is 13.1. The molecule has 138 valence electrons. The molecule has 0 atom stereocenters. The Morgan fingerprint density at radius 1 is 1.15 bits per heavy atom. The molecule has 1 saturated carbocycles. The fourth-order valence-corrected chi connectivity index (χ4v) is 4.06. The lowest BCUT2D eigenvalue weighted by molar-refractivity contribution is -0.140. The van der Waals surface area contributed by atoms with Gasteiger partial charge < -0.3 is 4.90 Å². The summed E-state index contributed by atoms with van der Waals surface area (Å²) in [4.78, 5) is 15.1. The number of para-hydroxylation sites is 1. The predicted octanol–water partition coefficient (Wildman–Crippen LogP) is 4.72. The molecule has 3 aromatic rings. The van der Waals surface area contributed by atoms with Gasteiger partial charge in [-0.15, -0.1) is 0 Å². The fourth-order valence-electron chi connectivity index (χ4n) is 3.80. The van der Waals surface area contributed by atoms with Crippen molar-refractivity contribution < 1.29 is 4.79 Å². The van der Waals surface area contributed by atoms with Crippen LogP contribution >= 0.6 is 15.9 Å². The van der Waals surface area contributed by atoms with E-state index in [1.165, 1.54) is 0 Å². The van der Waals surface area contributed by atoms with Crippen molar-refractivity contribution >= 4 is 21.8 Å². The first-order valence-electron chi connectivity index (χ1n) is 9.19. The molecule has 1 amide bonds. The van der Waals surface area contributed by atoms with Gasteiger partial charge in [-0.25, -0.2) is 4.68 Å². The van der Waals surface area contributed by atoms with Crippen LogP contribution in [0.25, 0.3) is 5.69 Å². The number of likely N-dealkylation sites (N-methyl/N-ethyl adjacent to an activating group) is 1. The molecule has 2 aromatic carbocycles. The largest absolute Gasteiger partial charge is 0.341 e. The van der Waals surface area contributed by atoms with Crippen molar-refractivity contribution in [3.63, 3.8) is 0 Å². The molecular formula is C22H22BrN3O. The van der Waals surface area contributed by atoms with Crippen molar-refractivity contribution in [1.29, 1.82) is 0 Å². The summed E-state index contributed by atoms with van der Waals surface area (Å²) in [6.45, 7) is 0.559. The Balaban J connectivity index is 1.51. The highest BCUT2D eigenvalue weighted by molar-refractivity contribution is 9.10. The van der Waals surface area contributed by atoms with E-state index in [4.69, 9.17) is 0 Å². The number of halogens is 1. The van der Waals surface area contributed by atoms with Crippen LogP contribution in [0.4, 0.5) is 0 Å². The van der Waals surface area contributed by atoms with Crippen molar-refractivity contribution in [2.75, 3.05) is 7.05 Å². The minimum Gasteiger partial charge on any atom is -0.341 e. The van der Waals surface area contributed by atoms with Crippen LogP contribution in [-0.2, 0) is 16.8 Å². The summed E-state index contributed by atoms with van der Waals surface area (Å²) in [5.74, 6) is 0.198. The molecule has 0 spiro atoms. The molecule has 4 nitrogen and oxygen atoms in total. The highest BCUT2D eigenvalue weighted by Crippen LogP contribution is 2.45. The molecule has 1 aromatic heterocycles. The minimum atomic E-state index is -0.370. The Morgan fingerprint density at radius 2 is 1.85 bits per heavy atom. The molecule has 0 radical (unpaired) electrons. The summed E-state index contributed by atoms with van der Waals surface area (Å²) in [6.07, 6.45) is 6.76. The van der Waals surface area contributed by atoms with E-state index in [9.17, 15) is 4.79 Å². The van der Waals surface area contributed by atoms with Gasteiger partial charge in [0.15, 0.2) is 0 Å². The number of carbonyl (C=O) groups excluding carboxylic acids is 1. The summed E-state index contributed by atoms with van der Waals surface area (Å²) in [6, 6.07) is 18.2. The van der Waals surface area contributed by atoms with Crippen LogP contribution < -0.4 is 0 Å². The first kappa shape index (κ1) is 18.0. The molecule has 1 fully saturated rings. The number of amides is 1. The zero-order valence-electron chi connectivity index (χ0n) is 15.3. The lowest BCUT2D eigenvalue weighted by Gasteiger charge is -2.43. The van der Waals surface area contributed by atoms with E-state index in [1.54, 1.807) is 0 Å². The van der Waals surface area contributed by atoms with Crippen molar-refractivity contribution in [3.8, 4) is 5.69 Å². The van der Waals surface area contributed by atoms with Crippen LogP contribution in [0.3, 0.4) is 0 Å². The number of rotatable bonds is 5. The van der Waals surface area contributed by atoms with E-state index < -0.39 is 0 Å². The molecule has 0 saturated heterocycles. The monoisotopic (exact) mass is 423 g/mol. The summed E-state index contributed by atoms with van der Waals surface area (Å²) >= 11 is 3.48.